The Morgan fingerprint density at radius 1 is 1.56 bits per heavy atom. The van der Waals surface area contributed by atoms with E-state index in [-0.39, 0.29) is 5.56 Å². The Morgan fingerprint density at radius 2 is 2.38 bits per heavy atom. The first-order valence-corrected chi connectivity index (χ1v) is 4.91. The standard InChI is InChI=1S/C10H14FN3O2/c11-9-7-13-3-1-8(9)10(15)14-4-6-16-5-2-12/h1,3,7H,2,4-6,12H2,(H,14,15). The highest BCUT2D eigenvalue weighted by atomic mass is 19.1. The molecule has 88 valence electrons. The van der Waals surface area contributed by atoms with E-state index >= 15 is 0 Å². The lowest BCUT2D eigenvalue weighted by atomic mass is 10.2. The summed E-state index contributed by atoms with van der Waals surface area (Å²) >= 11 is 0. The van der Waals surface area contributed by atoms with Gasteiger partial charge in [0.2, 0.25) is 0 Å². The number of carbonyl (C=O) groups excluding carboxylic acids is 1. The van der Waals surface area contributed by atoms with E-state index in [2.05, 4.69) is 10.3 Å². The van der Waals surface area contributed by atoms with Crippen molar-refractivity contribution >= 4 is 5.91 Å². The summed E-state index contributed by atoms with van der Waals surface area (Å²) in [6, 6.07) is 1.32. The average Bonchev–Trinajstić information content (AvgIpc) is 2.29. The minimum Gasteiger partial charge on any atom is -0.378 e. The average molecular weight is 227 g/mol. The quantitative estimate of drug-likeness (QED) is 0.667. The number of nitrogens with one attached hydrogen (secondary N) is 1. The zero-order valence-electron chi connectivity index (χ0n) is 8.78. The van der Waals surface area contributed by atoms with Crippen molar-refractivity contribution in [3.05, 3.63) is 29.8 Å². The van der Waals surface area contributed by atoms with Gasteiger partial charge in [-0.05, 0) is 6.07 Å². The first-order valence-electron chi connectivity index (χ1n) is 4.91. The van der Waals surface area contributed by atoms with Crippen LogP contribution in [0.3, 0.4) is 0 Å². The number of hydrogen-bond donors (Lipinski definition) is 2. The highest BCUT2D eigenvalue weighted by Crippen LogP contribution is 2.03. The highest BCUT2D eigenvalue weighted by molar-refractivity contribution is 5.94. The second-order valence-electron chi connectivity index (χ2n) is 3.01. The van der Waals surface area contributed by atoms with Crippen LogP contribution in [0.25, 0.3) is 0 Å². The third kappa shape index (κ3) is 3.92. The zero-order chi connectivity index (χ0) is 11.8. The van der Waals surface area contributed by atoms with Crippen LogP contribution in [0.4, 0.5) is 4.39 Å². The second-order valence-corrected chi connectivity index (χ2v) is 3.01. The molecule has 6 heteroatoms. The molecule has 1 rings (SSSR count). The SMILES string of the molecule is NCCOCCNC(=O)c1ccncc1F. The van der Waals surface area contributed by atoms with Crippen LogP contribution in [-0.2, 0) is 4.74 Å². The Labute approximate surface area is 92.8 Å². The molecule has 0 aliphatic rings. The summed E-state index contributed by atoms with van der Waals surface area (Å²) in [6.45, 7) is 1.56. The highest BCUT2D eigenvalue weighted by Gasteiger charge is 2.09. The fourth-order valence-electron chi connectivity index (χ4n) is 1.08. The molecule has 0 aliphatic carbocycles. The van der Waals surface area contributed by atoms with Crippen molar-refractivity contribution in [1.82, 2.24) is 10.3 Å². The van der Waals surface area contributed by atoms with E-state index in [4.69, 9.17) is 10.5 Å². The fraction of sp³-hybridized carbons (Fsp3) is 0.400. The van der Waals surface area contributed by atoms with Crippen LogP contribution in [0.5, 0.6) is 0 Å². The third-order valence-electron chi connectivity index (χ3n) is 1.81. The van der Waals surface area contributed by atoms with E-state index in [1.807, 2.05) is 0 Å². The van der Waals surface area contributed by atoms with Crippen LogP contribution in [0.15, 0.2) is 18.5 Å². The smallest absolute Gasteiger partial charge is 0.254 e. The first-order chi connectivity index (χ1) is 7.75. The molecule has 0 bridgehead atoms. The van der Waals surface area contributed by atoms with Gasteiger partial charge in [0, 0.05) is 19.3 Å². The number of amides is 1. The van der Waals surface area contributed by atoms with Gasteiger partial charge in [-0.15, -0.1) is 0 Å². The van der Waals surface area contributed by atoms with Gasteiger partial charge in [0.1, 0.15) is 0 Å². The van der Waals surface area contributed by atoms with Crippen molar-refractivity contribution < 1.29 is 13.9 Å². The fourth-order valence-corrected chi connectivity index (χ4v) is 1.08. The number of ether oxygens (including phenoxy) is 1. The Bertz CT molecular complexity index is 347. The van der Waals surface area contributed by atoms with Crippen molar-refractivity contribution in [3.63, 3.8) is 0 Å². The summed E-state index contributed by atoms with van der Waals surface area (Å²) in [5.41, 5.74) is 5.19. The summed E-state index contributed by atoms with van der Waals surface area (Å²) < 4.78 is 18.2. The number of nitrogens with zero attached hydrogens (tertiary/aromatic N) is 1. The maximum atomic E-state index is 13.1. The largest absolute Gasteiger partial charge is 0.378 e. The first kappa shape index (κ1) is 12.5. The van der Waals surface area contributed by atoms with Gasteiger partial charge in [0.05, 0.1) is 25.0 Å². The Balaban J connectivity index is 2.33. The zero-order valence-corrected chi connectivity index (χ0v) is 8.78. The van der Waals surface area contributed by atoms with E-state index < -0.39 is 11.7 Å². The van der Waals surface area contributed by atoms with Crippen LogP contribution in [0, 0.1) is 5.82 Å². The predicted molar refractivity (Wildman–Crippen MR) is 56.4 cm³/mol. The maximum absolute atomic E-state index is 13.1. The molecule has 0 spiro atoms. The van der Waals surface area contributed by atoms with Crippen molar-refractivity contribution in [2.24, 2.45) is 5.73 Å². The molecule has 0 saturated heterocycles. The number of hydrogen-bond acceptors (Lipinski definition) is 4. The van der Waals surface area contributed by atoms with E-state index in [1.165, 1.54) is 12.3 Å². The van der Waals surface area contributed by atoms with E-state index in [9.17, 15) is 9.18 Å². The molecule has 3 N–H and O–H groups in total. The molecule has 0 atom stereocenters. The lowest BCUT2D eigenvalue weighted by Gasteiger charge is -2.06. The molecule has 16 heavy (non-hydrogen) atoms. The van der Waals surface area contributed by atoms with E-state index in [1.54, 1.807) is 0 Å². The molecule has 0 aromatic carbocycles. The topological polar surface area (TPSA) is 77.2 Å². The van der Waals surface area contributed by atoms with Gasteiger partial charge in [-0.25, -0.2) is 4.39 Å². The van der Waals surface area contributed by atoms with Crippen molar-refractivity contribution in [2.75, 3.05) is 26.3 Å². The molecule has 5 nitrogen and oxygen atoms in total. The van der Waals surface area contributed by atoms with Crippen LogP contribution < -0.4 is 11.1 Å². The summed E-state index contributed by atoms with van der Waals surface area (Å²) in [5.74, 6) is -1.11. The normalized spacial score (nSPS) is 10.1. The van der Waals surface area contributed by atoms with Crippen molar-refractivity contribution in [1.29, 1.82) is 0 Å². The minimum atomic E-state index is -0.636. The summed E-state index contributed by atoms with van der Waals surface area (Å²) in [6.07, 6.45) is 2.36. The number of pyridine rings is 1. The Morgan fingerprint density at radius 3 is 3.06 bits per heavy atom. The lowest BCUT2D eigenvalue weighted by Crippen LogP contribution is -2.28. The molecule has 0 unspecified atom stereocenters. The predicted octanol–water partition coefficient (Wildman–Crippen LogP) is -0.0742. The molecule has 1 aromatic rings. The number of nitrogens with two attached hydrogens (primary N) is 1. The summed E-state index contributed by atoms with van der Waals surface area (Å²) in [7, 11) is 0. The van der Waals surface area contributed by atoms with Gasteiger partial charge < -0.3 is 15.8 Å². The molecule has 1 heterocycles. The molecule has 0 radical (unpaired) electrons. The van der Waals surface area contributed by atoms with Gasteiger partial charge in [-0.1, -0.05) is 0 Å². The lowest BCUT2D eigenvalue weighted by molar-refractivity contribution is 0.0916. The van der Waals surface area contributed by atoms with Gasteiger partial charge in [0.15, 0.2) is 5.82 Å². The van der Waals surface area contributed by atoms with Crippen LogP contribution in [0.1, 0.15) is 10.4 Å². The van der Waals surface area contributed by atoms with E-state index in [0.717, 1.165) is 6.20 Å². The molecule has 0 saturated carbocycles. The van der Waals surface area contributed by atoms with Crippen LogP contribution >= 0.6 is 0 Å². The second kappa shape index (κ2) is 6.86. The minimum absolute atomic E-state index is 0.0196. The Kier molecular flexibility index (Phi) is 5.38. The van der Waals surface area contributed by atoms with Crippen molar-refractivity contribution in [3.8, 4) is 0 Å². The van der Waals surface area contributed by atoms with Crippen molar-refractivity contribution in [2.45, 2.75) is 0 Å². The van der Waals surface area contributed by atoms with E-state index in [0.29, 0.717) is 26.3 Å². The summed E-state index contributed by atoms with van der Waals surface area (Å²) in [5, 5.41) is 2.53. The van der Waals surface area contributed by atoms with Crippen LogP contribution in [0.2, 0.25) is 0 Å². The molecule has 1 aromatic heterocycles. The number of carbonyl (C=O) groups is 1. The van der Waals surface area contributed by atoms with Gasteiger partial charge in [0.25, 0.3) is 5.91 Å². The number of halogens is 1. The number of aromatic nitrogens is 1. The third-order valence-corrected chi connectivity index (χ3v) is 1.81. The van der Waals surface area contributed by atoms with Gasteiger partial charge >= 0.3 is 0 Å². The summed E-state index contributed by atoms with van der Waals surface area (Å²) in [4.78, 5) is 15.0. The molecular weight excluding hydrogens is 213 g/mol. The van der Waals surface area contributed by atoms with Gasteiger partial charge in [-0.2, -0.15) is 0 Å². The molecule has 1 amide bonds. The maximum Gasteiger partial charge on any atom is 0.254 e. The van der Waals surface area contributed by atoms with Gasteiger partial charge in [-0.3, -0.25) is 9.78 Å². The molecule has 0 fully saturated rings. The van der Waals surface area contributed by atoms with Crippen LogP contribution in [-0.4, -0.2) is 37.2 Å². The monoisotopic (exact) mass is 227 g/mol. The Hall–Kier alpha value is -1.53. The molecule has 0 aliphatic heterocycles. The number of rotatable bonds is 6. The molecular formula is C10H14FN3O2.